The molecule has 5 heteroatoms. The van der Waals surface area contributed by atoms with E-state index in [-0.39, 0.29) is 18.5 Å². The van der Waals surface area contributed by atoms with Crippen LogP contribution in [0.5, 0.6) is 0 Å². The summed E-state index contributed by atoms with van der Waals surface area (Å²) in [6, 6.07) is 11.2. The Kier molecular flexibility index (Phi) is 4.80. The van der Waals surface area contributed by atoms with Gasteiger partial charge < -0.3 is 10.4 Å². The van der Waals surface area contributed by atoms with Gasteiger partial charge in [-0.3, -0.25) is 0 Å². The number of benzene rings is 2. The van der Waals surface area contributed by atoms with Gasteiger partial charge in [-0.25, -0.2) is 4.39 Å². The van der Waals surface area contributed by atoms with E-state index < -0.39 is 0 Å². The molecule has 2 aromatic rings. The van der Waals surface area contributed by atoms with Gasteiger partial charge in [-0.05, 0) is 51.8 Å². The molecule has 0 heterocycles. The molecule has 2 rings (SSSR count). The molecule has 19 heavy (non-hydrogen) atoms. The van der Waals surface area contributed by atoms with E-state index in [0.717, 1.165) is 10.0 Å². The van der Waals surface area contributed by atoms with Gasteiger partial charge in [-0.15, -0.1) is 0 Å². The van der Waals surface area contributed by atoms with Crippen LogP contribution in [0.1, 0.15) is 11.6 Å². The number of aliphatic hydroxyl groups excluding tert-OH is 1. The molecule has 2 aromatic carbocycles. The number of nitrogens with one attached hydrogen (secondary N) is 1. The summed E-state index contributed by atoms with van der Waals surface area (Å²) >= 11 is 9.34. The summed E-state index contributed by atoms with van der Waals surface area (Å²) in [7, 11) is 0. The molecular weight excluding hydrogens is 333 g/mol. The maximum absolute atomic E-state index is 13.1. The number of hydrogen-bond donors (Lipinski definition) is 2. The van der Waals surface area contributed by atoms with E-state index >= 15 is 0 Å². The van der Waals surface area contributed by atoms with Gasteiger partial charge >= 0.3 is 0 Å². The van der Waals surface area contributed by atoms with Gasteiger partial charge in [0.25, 0.3) is 0 Å². The first-order valence-corrected chi connectivity index (χ1v) is 6.85. The number of anilines is 1. The van der Waals surface area contributed by atoms with Crippen molar-refractivity contribution >= 4 is 33.2 Å². The monoisotopic (exact) mass is 343 g/mol. The van der Waals surface area contributed by atoms with Crippen LogP contribution in [-0.4, -0.2) is 11.7 Å². The summed E-state index contributed by atoms with van der Waals surface area (Å²) in [6.07, 6.45) is 0. The van der Waals surface area contributed by atoms with Crippen LogP contribution >= 0.6 is 27.5 Å². The minimum Gasteiger partial charge on any atom is -0.394 e. The molecule has 1 atom stereocenters. The Morgan fingerprint density at radius 1 is 1.26 bits per heavy atom. The lowest BCUT2D eigenvalue weighted by atomic mass is 10.1. The highest BCUT2D eigenvalue weighted by atomic mass is 79.9. The van der Waals surface area contributed by atoms with Gasteiger partial charge in [0.1, 0.15) is 5.82 Å². The van der Waals surface area contributed by atoms with Crippen molar-refractivity contribution < 1.29 is 9.50 Å². The van der Waals surface area contributed by atoms with Gasteiger partial charge in [-0.2, -0.15) is 0 Å². The number of hydrogen-bond acceptors (Lipinski definition) is 2. The van der Waals surface area contributed by atoms with Crippen molar-refractivity contribution in [2.24, 2.45) is 0 Å². The summed E-state index contributed by atoms with van der Waals surface area (Å²) in [5.74, 6) is -0.324. The van der Waals surface area contributed by atoms with Gasteiger partial charge in [0, 0.05) is 10.2 Å². The minimum atomic E-state index is -0.340. The second-order valence-electron chi connectivity index (χ2n) is 4.06. The summed E-state index contributed by atoms with van der Waals surface area (Å²) in [5.41, 5.74) is 1.44. The first-order chi connectivity index (χ1) is 9.10. The van der Waals surface area contributed by atoms with Crippen LogP contribution in [0.15, 0.2) is 46.9 Å². The second kappa shape index (κ2) is 6.37. The molecule has 0 saturated heterocycles. The van der Waals surface area contributed by atoms with E-state index in [2.05, 4.69) is 21.2 Å². The van der Waals surface area contributed by atoms with E-state index in [1.165, 1.54) is 12.1 Å². The van der Waals surface area contributed by atoms with E-state index in [0.29, 0.717) is 10.7 Å². The molecule has 0 aliphatic heterocycles. The fourth-order valence-electron chi connectivity index (χ4n) is 1.74. The fourth-order valence-corrected chi connectivity index (χ4v) is 2.18. The zero-order valence-corrected chi connectivity index (χ0v) is 12.2. The highest BCUT2D eigenvalue weighted by Crippen LogP contribution is 2.27. The van der Waals surface area contributed by atoms with Crippen LogP contribution < -0.4 is 5.32 Å². The van der Waals surface area contributed by atoms with E-state index in [1.807, 2.05) is 12.1 Å². The highest BCUT2D eigenvalue weighted by molar-refractivity contribution is 9.10. The van der Waals surface area contributed by atoms with E-state index in [1.54, 1.807) is 18.2 Å². The summed E-state index contributed by atoms with van der Waals surface area (Å²) in [4.78, 5) is 0. The third kappa shape index (κ3) is 3.69. The van der Waals surface area contributed by atoms with Gasteiger partial charge in [0.15, 0.2) is 0 Å². The maximum atomic E-state index is 13.1. The molecular formula is C14H12BrClFNO. The van der Waals surface area contributed by atoms with Crippen molar-refractivity contribution in [3.05, 3.63) is 63.3 Å². The molecule has 0 fully saturated rings. The molecule has 0 amide bonds. The molecule has 0 saturated carbocycles. The predicted octanol–water partition coefficient (Wildman–Crippen LogP) is 4.39. The van der Waals surface area contributed by atoms with E-state index in [9.17, 15) is 9.50 Å². The first kappa shape index (κ1) is 14.3. The standard InChI is InChI=1S/C14H12BrClFNO/c15-12-5-4-9(6-13(12)16)14(8-19)18-11-3-1-2-10(17)7-11/h1-7,14,18-19H,8H2. The van der Waals surface area contributed by atoms with Crippen LogP contribution in [-0.2, 0) is 0 Å². The molecule has 0 bridgehead atoms. The molecule has 0 spiro atoms. The van der Waals surface area contributed by atoms with Gasteiger partial charge in [-0.1, -0.05) is 23.7 Å². The van der Waals surface area contributed by atoms with Crippen molar-refractivity contribution in [1.82, 2.24) is 0 Å². The Morgan fingerprint density at radius 2 is 2.05 bits per heavy atom. The largest absolute Gasteiger partial charge is 0.394 e. The average Bonchev–Trinajstić information content (AvgIpc) is 2.39. The molecule has 2 nitrogen and oxygen atoms in total. The van der Waals surface area contributed by atoms with Crippen LogP contribution in [0.3, 0.4) is 0 Å². The number of aliphatic hydroxyl groups is 1. The van der Waals surface area contributed by atoms with Crippen molar-refractivity contribution in [3.63, 3.8) is 0 Å². The van der Waals surface area contributed by atoms with Crippen LogP contribution in [0.2, 0.25) is 5.02 Å². The average molecular weight is 345 g/mol. The maximum Gasteiger partial charge on any atom is 0.125 e. The zero-order chi connectivity index (χ0) is 13.8. The summed E-state index contributed by atoms with van der Waals surface area (Å²) in [6.45, 7) is -0.117. The van der Waals surface area contributed by atoms with Crippen molar-refractivity contribution in [2.45, 2.75) is 6.04 Å². The Balaban J connectivity index is 2.22. The Hall–Kier alpha value is -1.10. The molecule has 1 unspecified atom stereocenters. The third-order valence-electron chi connectivity index (χ3n) is 2.69. The fraction of sp³-hybridized carbons (Fsp3) is 0.143. The van der Waals surface area contributed by atoms with E-state index in [4.69, 9.17) is 11.6 Å². The smallest absolute Gasteiger partial charge is 0.125 e. The van der Waals surface area contributed by atoms with Crippen LogP contribution in [0, 0.1) is 5.82 Å². The van der Waals surface area contributed by atoms with Crippen LogP contribution in [0.4, 0.5) is 10.1 Å². The molecule has 0 radical (unpaired) electrons. The highest BCUT2D eigenvalue weighted by Gasteiger charge is 2.12. The molecule has 0 aromatic heterocycles. The Bertz CT molecular complexity index is 579. The number of halogens is 3. The van der Waals surface area contributed by atoms with Crippen molar-refractivity contribution in [3.8, 4) is 0 Å². The summed E-state index contributed by atoms with van der Waals surface area (Å²) < 4.78 is 13.9. The predicted molar refractivity (Wildman–Crippen MR) is 79.0 cm³/mol. The lowest BCUT2D eigenvalue weighted by Gasteiger charge is -2.18. The molecule has 0 aliphatic carbocycles. The normalized spacial score (nSPS) is 12.2. The quantitative estimate of drug-likeness (QED) is 0.862. The lowest BCUT2D eigenvalue weighted by molar-refractivity contribution is 0.276. The minimum absolute atomic E-state index is 0.117. The zero-order valence-electron chi connectivity index (χ0n) is 9.91. The Morgan fingerprint density at radius 3 is 2.68 bits per heavy atom. The van der Waals surface area contributed by atoms with Crippen molar-refractivity contribution in [2.75, 3.05) is 11.9 Å². The van der Waals surface area contributed by atoms with Gasteiger partial charge in [0.05, 0.1) is 17.7 Å². The second-order valence-corrected chi connectivity index (χ2v) is 5.32. The SMILES string of the molecule is OCC(Nc1cccc(F)c1)c1ccc(Br)c(Cl)c1. The molecule has 0 aliphatic rings. The summed E-state index contributed by atoms with van der Waals surface area (Å²) in [5, 5.41) is 13.1. The first-order valence-electron chi connectivity index (χ1n) is 5.68. The molecule has 2 N–H and O–H groups in total. The number of rotatable bonds is 4. The Labute approximate surface area is 124 Å². The van der Waals surface area contributed by atoms with Crippen LogP contribution in [0.25, 0.3) is 0 Å². The third-order valence-corrected chi connectivity index (χ3v) is 3.93. The van der Waals surface area contributed by atoms with Crippen molar-refractivity contribution in [1.29, 1.82) is 0 Å². The van der Waals surface area contributed by atoms with Gasteiger partial charge in [0.2, 0.25) is 0 Å². The molecule has 100 valence electrons. The topological polar surface area (TPSA) is 32.3 Å². The lowest BCUT2D eigenvalue weighted by Crippen LogP contribution is -2.14.